The van der Waals surface area contributed by atoms with Crippen LogP contribution in [0.25, 0.3) is 0 Å². The Balaban J connectivity index is 1.84. The zero-order valence-corrected chi connectivity index (χ0v) is 12.2. The molecule has 2 rings (SSSR count). The number of nitrogens with one attached hydrogen (secondary N) is 3. The van der Waals surface area contributed by atoms with Gasteiger partial charge in [0.25, 0.3) is 0 Å². The molecule has 0 fully saturated rings. The van der Waals surface area contributed by atoms with Gasteiger partial charge < -0.3 is 5.32 Å². The normalized spacial score (nSPS) is 10.4. The Hall–Kier alpha value is -2.20. The number of aryl methyl sites for hydroxylation is 1. The van der Waals surface area contributed by atoms with Gasteiger partial charge in [-0.2, -0.15) is 0 Å². The van der Waals surface area contributed by atoms with Gasteiger partial charge >= 0.3 is 0 Å². The standard InChI is InChI=1S/C16H17N3S/c1-2-13-8-10-14(11-9-13)12-17-19-16(20)18-15-6-4-3-5-7-15/h3-12H,2H2,1H3,(H2,18,19,20)/p+1. The third kappa shape index (κ3) is 4.48. The van der Waals surface area contributed by atoms with Crippen molar-refractivity contribution < 1.29 is 5.10 Å². The smallest absolute Gasteiger partial charge is 0.228 e. The van der Waals surface area contributed by atoms with Crippen molar-refractivity contribution in [2.75, 3.05) is 5.32 Å². The van der Waals surface area contributed by atoms with E-state index in [2.05, 4.69) is 47.0 Å². The third-order valence-corrected chi connectivity index (χ3v) is 3.05. The molecule has 3 N–H and O–H groups in total. The fourth-order valence-electron chi connectivity index (χ4n) is 1.72. The summed E-state index contributed by atoms with van der Waals surface area (Å²) in [4.78, 5) is 0. The average Bonchev–Trinajstić information content (AvgIpc) is 2.49. The lowest BCUT2D eigenvalue weighted by molar-refractivity contribution is -0.499. The van der Waals surface area contributed by atoms with Gasteiger partial charge in [0.15, 0.2) is 6.21 Å². The molecule has 0 aromatic heterocycles. The summed E-state index contributed by atoms with van der Waals surface area (Å²) < 4.78 is 0. The van der Waals surface area contributed by atoms with Crippen molar-refractivity contribution in [1.82, 2.24) is 5.43 Å². The minimum Gasteiger partial charge on any atom is -0.328 e. The number of hydrogen-bond donors (Lipinski definition) is 3. The highest BCUT2D eigenvalue weighted by molar-refractivity contribution is 7.80. The molecule has 0 atom stereocenters. The maximum Gasteiger partial charge on any atom is 0.228 e. The molecule has 0 amide bonds. The van der Waals surface area contributed by atoms with Gasteiger partial charge in [-0.05, 0) is 48.5 Å². The molecular formula is C16H18N3S+. The highest BCUT2D eigenvalue weighted by Crippen LogP contribution is 2.03. The molecule has 0 radical (unpaired) electrons. The highest BCUT2D eigenvalue weighted by Gasteiger charge is 1.97. The minimum atomic E-state index is 0.526. The first-order valence-electron chi connectivity index (χ1n) is 6.57. The van der Waals surface area contributed by atoms with Crippen molar-refractivity contribution in [3.05, 3.63) is 65.7 Å². The second kappa shape index (κ2) is 7.40. The van der Waals surface area contributed by atoms with Gasteiger partial charge in [0.1, 0.15) is 0 Å². The monoisotopic (exact) mass is 284 g/mol. The van der Waals surface area contributed by atoms with E-state index in [-0.39, 0.29) is 0 Å². The van der Waals surface area contributed by atoms with E-state index < -0.39 is 0 Å². The Labute approximate surface area is 124 Å². The van der Waals surface area contributed by atoms with Crippen LogP contribution >= 0.6 is 12.2 Å². The minimum absolute atomic E-state index is 0.526. The van der Waals surface area contributed by atoms with Gasteiger partial charge in [-0.3, -0.25) is 0 Å². The first-order chi connectivity index (χ1) is 9.78. The molecule has 102 valence electrons. The SMILES string of the molecule is CCc1ccc(C=[NH+]NC(=S)Nc2ccccc2)cc1. The molecule has 0 spiro atoms. The number of para-hydroxylation sites is 1. The summed E-state index contributed by atoms with van der Waals surface area (Å²) in [5.74, 6) is 0. The first kappa shape index (κ1) is 14.2. The molecule has 0 aliphatic rings. The second-order valence-electron chi connectivity index (χ2n) is 4.33. The summed E-state index contributed by atoms with van der Waals surface area (Å²) in [7, 11) is 0. The molecular weight excluding hydrogens is 266 g/mol. The topological polar surface area (TPSA) is 38.0 Å². The zero-order chi connectivity index (χ0) is 14.2. The van der Waals surface area contributed by atoms with Crippen LogP contribution < -0.4 is 15.8 Å². The fraction of sp³-hybridized carbons (Fsp3) is 0.125. The van der Waals surface area contributed by atoms with Crippen LogP contribution in [0.4, 0.5) is 5.69 Å². The van der Waals surface area contributed by atoms with E-state index in [1.807, 2.05) is 36.5 Å². The number of anilines is 1. The van der Waals surface area contributed by atoms with Gasteiger partial charge in [0, 0.05) is 11.3 Å². The number of rotatable bonds is 4. The van der Waals surface area contributed by atoms with Crippen molar-refractivity contribution in [1.29, 1.82) is 0 Å². The largest absolute Gasteiger partial charge is 0.328 e. The fourth-order valence-corrected chi connectivity index (χ4v) is 1.90. The van der Waals surface area contributed by atoms with Gasteiger partial charge in [-0.25, -0.2) is 0 Å². The Kier molecular flexibility index (Phi) is 5.26. The second-order valence-corrected chi connectivity index (χ2v) is 4.74. The molecule has 2 aromatic rings. The van der Waals surface area contributed by atoms with Gasteiger partial charge in [0.05, 0.1) is 0 Å². The van der Waals surface area contributed by atoms with Crippen LogP contribution in [0.3, 0.4) is 0 Å². The van der Waals surface area contributed by atoms with Crippen LogP contribution in [0, 0.1) is 0 Å². The first-order valence-corrected chi connectivity index (χ1v) is 6.98. The predicted octanol–water partition coefficient (Wildman–Crippen LogP) is 1.65. The lowest BCUT2D eigenvalue weighted by Crippen LogP contribution is -2.82. The molecule has 0 aliphatic carbocycles. The van der Waals surface area contributed by atoms with E-state index in [0.717, 1.165) is 17.7 Å². The Bertz CT molecular complexity index is 576. The van der Waals surface area contributed by atoms with E-state index in [9.17, 15) is 0 Å². The van der Waals surface area contributed by atoms with Crippen molar-refractivity contribution >= 4 is 29.2 Å². The van der Waals surface area contributed by atoms with E-state index in [1.165, 1.54) is 5.56 Å². The number of hydrogen-bond acceptors (Lipinski definition) is 1. The van der Waals surface area contributed by atoms with Crippen LogP contribution in [0.15, 0.2) is 54.6 Å². The van der Waals surface area contributed by atoms with Crippen molar-refractivity contribution in [2.45, 2.75) is 13.3 Å². The molecule has 0 heterocycles. The Morgan fingerprint density at radius 1 is 1.10 bits per heavy atom. The van der Waals surface area contributed by atoms with Crippen LogP contribution in [-0.2, 0) is 6.42 Å². The predicted molar refractivity (Wildman–Crippen MR) is 87.7 cm³/mol. The summed E-state index contributed by atoms with van der Waals surface area (Å²) in [5, 5.41) is 6.59. The number of hydrazine groups is 1. The van der Waals surface area contributed by atoms with E-state index in [4.69, 9.17) is 12.2 Å². The number of hydrazone groups is 1. The summed E-state index contributed by atoms with van der Waals surface area (Å²) in [5.41, 5.74) is 6.31. The van der Waals surface area contributed by atoms with Gasteiger partial charge in [-0.1, -0.05) is 37.3 Å². The molecule has 0 saturated heterocycles. The summed E-state index contributed by atoms with van der Waals surface area (Å²) in [6.45, 7) is 2.15. The Morgan fingerprint density at radius 3 is 2.45 bits per heavy atom. The third-order valence-electron chi connectivity index (χ3n) is 2.84. The molecule has 2 aromatic carbocycles. The van der Waals surface area contributed by atoms with Crippen LogP contribution in [0.5, 0.6) is 0 Å². The van der Waals surface area contributed by atoms with Crippen molar-refractivity contribution in [3.8, 4) is 0 Å². The van der Waals surface area contributed by atoms with E-state index in [1.54, 1.807) is 0 Å². The van der Waals surface area contributed by atoms with Crippen molar-refractivity contribution in [3.63, 3.8) is 0 Å². The summed E-state index contributed by atoms with van der Waals surface area (Å²) >= 11 is 5.19. The van der Waals surface area contributed by atoms with Crippen LogP contribution in [0.1, 0.15) is 18.1 Å². The quantitative estimate of drug-likeness (QED) is 0.454. The highest BCUT2D eigenvalue weighted by atomic mass is 32.1. The number of benzene rings is 2. The van der Waals surface area contributed by atoms with Crippen LogP contribution in [-0.4, -0.2) is 11.3 Å². The average molecular weight is 284 g/mol. The number of thiocarbonyl (C=S) groups is 1. The van der Waals surface area contributed by atoms with Crippen LogP contribution in [0.2, 0.25) is 0 Å². The molecule has 0 unspecified atom stereocenters. The maximum atomic E-state index is 5.19. The lowest BCUT2D eigenvalue weighted by atomic mass is 10.1. The molecule has 20 heavy (non-hydrogen) atoms. The molecule has 4 heteroatoms. The molecule has 0 aliphatic heterocycles. The Morgan fingerprint density at radius 2 is 1.80 bits per heavy atom. The molecule has 0 saturated carbocycles. The zero-order valence-electron chi connectivity index (χ0n) is 11.4. The molecule has 0 bridgehead atoms. The van der Waals surface area contributed by atoms with E-state index in [0.29, 0.717) is 5.11 Å². The van der Waals surface area contributed by atoms with Gasteiger partial charge in [-0.15, -0.1) is 10.5 Å². The summed E-state index contributed by atoms with van der Waals surface area (Å²) in [6, 6.07) is 18.2. The van der Waals surface area contributed by atoms with Gasteiger partial charge in [0.2, 0.25) is 5.11 Å². The van der Waals surface area contributed by atoms with E-state index >= 15 is 0 Å². The van der Waals surface area contributed by atoms with Crippen molar-refractivity contribution in [2.24, 2.45) is 0 Å². The molecule has 3 nitrogen and oxygen atoms in total. The lowest BCUT2D eigenvalue weighted by Gasteiger charge is -2.03. The maximum absolute atomic E-state index is 5.19. The summed E-state index contributed by atoms with van der Waals surface area (Å²) in [6.07, 6.45) is 2.93.